The molecule has 1 aromatic rings. The minimum absolute atomic E-state index is 0.169. The summed E-state index contributed by atoms with van der Waals surface area (Å²) in [5.41, 5.74) is 2.44. The van der Waals surface area contributed by atoms with Gasteiger partial charge in [0.05, 0.1) is 11.5 Å². The zero-order chi connectivity index (χ0) is 12.3. The fourth-order valence-electron chi connectivity index (χ4n) is 1.77. The van der Waals surface area contributed by atoms with Crippen molar-refractivity contribution in [2.75, 3.05) is 34.9 Å². The van der Waals surface area contributed by atoms with E-state index >= 15 is 0 Å². The zero-order valence-electron chi connectivity index (χ0n) is 9.33. The molecular weight excluding hydrogens is 242 g/mol. The van der Waals surface area contributed by atoms with Crippen molar-refractivity contribution in [1.29, 1.82) is 0 Å². The molecule has 0 unspecified atom stereocenters. The molecule has 1 aliphatic rings. The Hall–Kier alpha value is -1.41. The molecule has 0 aromatic carbocycles. The summed E-state index contributed by atoms with van der Waals surface area (Å²) in [6.45, 7) is 1.14. The van der Waals surface area contributed by atoms with Crippen LogP contribution in [0, 0.1) is 0 Å². The van der Waals surface area contributed by atoms with Gasteiger partial charge in [-0.25, -0.2) is 24.2 Å². The van der Waals surface area contributed by atoms with Crippen LogP contribution in [-0.2, 0) is 9.84 Å². The quantitative estimate of drug-likeness (QED) is 0.538. The van der Waals surface area contributed by atoms with Gasteiger partial charge in [-0.2, -0.15) is 0 Å². The first-order valence-electron chi connectivity index (χ1n) is 5.35. The van der Waals surface area contributed by atoms with E-state index in [0.717, 1.165) is 0 Å². The van der Waals surface area contributed by atoms with E-state index < -0.39 is 9.84 Å². The largest absolute Gasteiger partial charge is 0.355 e. The molecule has 7 nitrogen and oxygen atoms in total. The molecular formula is C9H15N5O2S. The van der Waals surface area contributed by atoms with Crippen LogP contribution in [0.5, 0.6) is 0 Å². The van der Waals surface area contributed by atoms with Crippen LogP contribution in [0.4, 0.5) is 11.6 Å². The van der Waals surface area contributed by atoms with Crippen LogP contribution in [0.1, 0.15) is 6.42 Å². The van der Waals surface area contributed by atoms with E-state index in [9.17, 15) is 8.42 Å². The van der Waals surface area contributed by atoms with Gasteiger partial charge < -0.3 is 10.3 Å². The molecule has 0 bridgehead atoms. The highest BCUT2D eigenvalue weighted by Gasteiger charge is 2.20. The predicted octanol–water partition coefficient (Wildman–Crippen LogP) is -0.613. The van der Waals surface area contributed by atoms with Crippen molar-refractivity contribution in [2.45, 2.75) is 6.42 Å². The summed E-state index contributed by atoms with van der Waals surface area (Å²) < 4.78 is 23.0. The summed E-state index contributed by atoms with van der Waals surface area (Å²) in [5, 5.41) is 0. The molecule has 0 amide bonds. The van der Waals surface area contributed by atoms with Crippen LogP contribution >= 0.6 is 0 Å². The molecule has 8 heteroatoms. The van der Waals surface area contributed by atoms with E-state index in [1.54, 1.807) is 6.07 Å². The topological polar surface area (TPSA) is 101 Å². The monoisotopic (exact) mass is 257 g/mol. The van der Waals surface area contributed by atoms with Gasteiger partial charge in [-0.1, -0.05) is 0 Å². The molecule has 0 saturated carbocycles. The number of hydrogen-bond donors (Lipinski definition) is 2. The summed E-state index contributed by atoms with van der Waals surface area (Å²) in [4.78, 5) is 9.98. The second-order valence-electron chi connectivity index (χ2n) is 3.90. The summed E-state index contributed by atoms with van der Waals surface area (Å²) in [6.07, 6.45) is 2.03. The SMILES string of the molecule is NNc1cc(N2CCCS(=O)(=O)CC2)ncn1. The van der Waals surface area contributed by atoms with E-state index in [2.05, 4.69) is 15.4 Å². The van der Waals surface area contributed by atoms with E-state index in [4.69, 9.17) is 5.84 Å². The number of anilines is 2. The summed E-state index contributed by atoms with van der Waals surface area (Å²) in [6, 6.07) is 1.71. The normalized spacial score (nSPS) is 19.7. The minimum atomic E-state index is -2.90. The Morgan fingerprint density at radius 1 is 1.29 bits per heavy atom. The van der Waals surface area contributed by atoms with Gasteiger partial charge in [0.25, 0.3) is 0 Å². The molecule has 2 rings (SSSR count). The van der Waals surface area contributed by atoms with E-state index in [1.165, 1.54) is 6.33 Å². The Labute approximate surface area is 99.9 Å². The first kappa shape index (κ1) is 12.1. The lowest BCUT2D eigenvalue weighted by atomic mass is 10.4. The number of hydrazine groups is 1. The van der Waals surface area contributed by atoms with Crippen LogP contribution in [0.3, 0.4) is 0 Å². The fourth-order valence-corrected chi connectivity index (χ4v) is 3.04. The molecule has 0 spiro atoms. The lowest BCUT2D eigenvalue weighted by molar-refractivity contribution is 0.597. The molecule has 0 radical (unpaired) electrons. The Morgan fingerprint density at radius 3 is 2.88 bits per heavy atom. The lowest BCUT2D eigenvalue weighted by Crippen LogP contribution is -2.27. The molecule has 94 valence electrons. The van der Waals surface area contributed by atoms with Gasteiger partial charge in [-0.3, -0.25) is 0 Å². The third-order valence-corrected chi connectivity index (χ3v) is 4.40. The van der Waals surface area contributed by atoms with Crippen molar-refractivity contribution in [3.05, 3.63) is 12.4 Å². The third kappa shape index (κ3) is 3.04. The number of rotatable bonds is 2. The molecule has 2 heterocycles. The van der Waals surface area contributed by atoms with Crippen LogP contribution < -0.4 is 16.2 Å². The van der Waals surface area contributed by atoms with Crippen LogP contribution in [0.2, 0.25) is 0 Å². The molecule has 3 N–H and O–H groups in total. The van der Waals surface area contributed by atoms with Crippen LogP contribution in [0.15, 0.2) is 12.4 Å². The predicted molar refractivity (Wildman–Crippen MR) is 65.3 cm³/mol. The smallest absolute Gasteiger partial charge is 0.152 e. The first-order chi connectivity index (χ1) is 8.11. The third-order valence-electron chi connectivity index (χ3n) is 2.68. The standard InChI is InChI=1S/C9H15N5O2S/c10-13-8-6-9(12-7-11-8)14-2-1-4-17(15,16)5-3-14/h6-7H,1-5,10H2,(H,11,12,13). The highest BCUT2D eigenvalue weighted by atomic mass is 32.2. The number of nitrogens with two attached hydrogens (primary N) is 1. The highest BCUT2D eigenvalue weighted by molar-refractivity contribution is 7.91. The second-order valence-corrected chi connectivity index (χ2v) is 6.20. The highest BCUT2D eigenvalue weighted by Crippen LogP contribution is 2.16. The van der Waals surface area contributed by atoms with Crippen molar-refractivity contribution in [3.8, 4) is 0 Å². The minimum Gasteiger partial charge on any atom is -0.355 e. The van der Waals surface area contributed by atoms with Gasteiger partial charge in [-0.05, 0) is 6.42 Å². The maximum Gasteiger partial charge on any atom is 0.152 e. The second kappa shape index (κ2) is 4.84. The number of aromatic nitrogens is 2. The maximum atomic E-state index is 11.5. The molecule has 17 heavy (non-hydrogen) atoms. The first-order valence-corrected chi connectivity index (χ1v) is 7.17. The van der Waals surface area contributed by atoms with E-state index in [-0.39, 0.29) is 11.5 Å². The van der Waals surface area contributed by atoms with Crippen molar-refractivity contribution < 1.29 is 8.42 Å². The summed E-state index contributed by atoms with van der Waals surface area (Å²) in [5.74, 6) is 6.90. The van der Waals surface area contributed by atoms with Crippen molar-refractivity contribution in [3.63, 3.8) is 0 Å². The van der Waals surface area contributed by atoms with Gasteiger partial charge >= 0.3 is 0 Å². The van der Waals surface area contributed by atoms with Crippen LogP contribution in [-0.4, -0.2) is 43.0 Å². The number of nitrogens with one attached hydrogen (secondary N) is 1. The number of sulfone groups is 1. The lowest BCUT2D eigenvalue weighted by Gasteiger charge is -2.20. The maximum absolute atomic E-state index is 11.5. The summed E-state index contributed by atoms with van der Waals surface area (Å²) >= 11 is 0. The van der Waals surface area contributed by atoms with Gasteiger partial charge in [0.15, 0.2) is 9.84 Å². The van der Waals surface area contributed by atoms with Gasteiger partial charge in [0.2, 0.25) is 0 Å². The molecule has 1 aliphatic heterocycles. The Bertz CT molecular complexity index is 490. The number of nitrogen functional groups attached to an aromatic ring is 1. The molecule has 1 saturated heterocycles. The number of hydrogen-bond acceptors (Lipinski definition) is 7. The van der Waals surface area contributed by atoms with Crippen LogP contribution in [0.25, 0.3) is 0 Å². The van der Waals surface area contributed by atoms with E-state index in [1.807, 2.05) is 4.90 Å². The Morgan fingerprint density at radius 2 is 2.12 bits per heavy atom. The van der Waals surface area contributed by atoms with Crippen molar-refractivity contribution >= 4 is 21.5 Å². The zero-order valence-corrected chi connectivity index (χ0v) is 10.2. The van der Waals surface area contributed by atoms with Crippen molar-refractivity contribution in [2.24, 2.45) is 5.84 Å². The Balaban J connectivity index is 2.16. The van der Waals surface area contributed by atoms with Gasteiger partial charge in [-0.15, -0.1) is 0 Å². The fraction of sp³-hybridized carbons (Fsp3) is 0.556. The number of nitrogens with zero attached hydrogens (tertiary/aromatic N) is 3. The molecule has 0 atom stereocenters. The summed E-state index contributed by atoms with van der Waals surface area (Å²) in [7, 11) is -2.90. The molecule has 1 fully saturated rings. The Kier molecular flexibility index (Phi) is 3.43. The average molecular weight is 257 g/mol. The van der Waals surface area contributed by atoms with Crippen molar-refractivity contribution in [1.82, 2.24) is 9.97 Å². The molecule has 0 aliphatic carbocycles. The van der Waals surface area contributed by atoms with E-state index in [0.29, 0.717) is 31.1 Å². The van der Waals surface area contributed by atoms with Gasteiger partial charge in [0.1, 0.15) is 18.0 Å². The van der Waals surface area contributed by atoms with Gasteiger partial charge in [0, 0.05) is 19.2 Å². The average Bonchev–Trinajstić information content (AvgIpc) is 2.50. The molecule has 1 aromatic heterocycles.